The van der Waals surface area contributed by atoms with Gasteiger partial charge in [-0.05, 0) is 30.3 Å². The van der Waals surface area contributed by atoms with E-state index in [1.807, 2.05) is 12.1 Å². The van der Waals surface area contributed by atoms with Crippen molar-refractivity contribution in [2.24, 2.45) is 0 Å². The molecule has 0 bridgehead atoms. The molecule has 0 atom stereocenters. The number of carbonyl (C=O) groups is 1. The average Bonchev–Trinajstić information content (AvgIpc) is 3.29. The van der Waals surface area contributed by atoms with Gasteiger partial charge in [-0.3, -0.25) is 9.59 Å². The Kier molecular flexibility index (Phi) is 3.62. The summed E-state index contributed by atoms with van der Waals surface area (Å²) in [6, 6.07) is 10.6. The van der Waals surface area contributed by atoms with E-state index in [1.54, 1.807) is 30.5 Å². The fourth-order valence-corrected chi connectivity index (χ4v) is 2.57. The second-order valence-corrected chi connectivity index (χ2v) is 5.35. The Bertz CT molecular complexity index is 1110. The van der Waals surface area contributed by atoms with Gasteiger partial charge in [-0.1, -0.05) is 11.2 Å². The van der Waals surface area contributed by atoms with Crippen LogP contribution < -0.4 is 10.9 Å². The molecule has 0 radical (unpaired) electrons. The smallest absolute Gasteiger partial charge is 0.259 e. The third-order valence-corrected chi connectivity index (χ3v) is 3.77. The SMILES string of the molecule is O=C(NCc1nc(-c2ccc[nH]c2=O)no1)c1cccc2[nH]ccc12. The molecule has 0 saturated carbocycles. The van der Waals surface area contributed by atoms with Gasteiger partial charge in [0.1, 0.15) is 0 Å². The molecule has 0 aliphatic carbocycles. The third kappa shape index (κ3) is 2.80. The van der Waals surface area contributed by atoms with Crippen LogP contribution in [0.2, 0.25) is 0 Å². The molecule has 0 spiro atoms. The Balaban J connectivity index is 1.51. The fraction of sp³-hybridized carbons (Fsp3) is 0.0588. The van der Waals surface area contributed by atoms with Crippen molar-refractivity contribution in [1.82, 2.24) is 25.4 Å². The number of benzene rings is 1. The standard InChI is InChI=1S/C17H13N5O3/c23-16(11-3-1-5-13-10(11)6-8-18-13)20-9-14-21-15(22-25-14)12-4-2-7-19-17(12)24/h1-8,18H,9H2,(H,19,24)(H,20,23). The van der Waals surface area contributed by atoms with Crippen LogP contribution in [-0.4, -0.2) is 26.0 Å². The highest BCUT2D eigenvalue weighted by Gasteiger charge is 2.14. The molecule has 0 fully saturated rings. The van der Waals surface area contributed by atoms with Crippen molar-refractivity contribution in [2.75, 3.05) is 0 Å². The predicted molar refractivity (Wildman–Crippen MR) is 89.8 cm³/mol. The van der Waals surface area contributed by atoms with Crippen LogP contribution in [0.4, 0.5) is 0 Å². The fourth-order valence-electron chi connectivity index (χ4n) is 2.57. The number of rotatable bonds is 4. The Morgan fingerprint density at radius 2 is 2.04 bits per heavy atom. The van der Waals surface area contributed by atoms with Crippen molar-refractivity contribution in [3.63, 3.8) is 0 Å². The van der Waals surface area contributed by atoms with Gasteiger partial charge < -0.3 is 19.8 Å². The van der Waals surface area contributed by atoms with Crippen LogP contribution >= 0.6 is 0 Å². The summed E-state index contributed by atoms with van der Waals surface area (Å²) in [6.45, 7) is 0.0668. The number of carbonyl (C=O) groups excluding carboxylic acids is 1. The van der Waals surface area contributed by atoms with Crippen LogP contribution in [0, 0.1) is 0 Å². The molecule has 124 valence electrons. The van der Waals surface area contributed by atoms with Gasteiger partial charge in [-0.15, -0.1) is 0 Å². The maximum atomic E-state index is 12.4. The summed E-state index contributed by atoms with van der Waals surface area (Å²) in [7, 11) is 0. The summed E-state index contributed by atoms with van der Waals surface area (Å²) >= 11 is 0. The number of H-pyrrole nitrogens is 2. The monoisotopic (exact) mass is 335 g/mol. The van der Waals surface area contributed by atoms with Gasteiger partial charge in [-0.25, -0.2) is 0 Å². The van der Waals surface area contributed by atoms with Gasteiger partial charge in [0.15, 0.2) is 0 Å². The van der Waals surface area contributed by atoms with Gasteiger partial charge >= 0.3 is 0 Å². The minimum Gasteiger partial charge on any atom is -0.361 e. The normalized spacial score (nSPS) is 10.9. The van der Waals surface area contributed by atoms with Gasteiger partial charge in [0, 0.05) is 28.9 Å². The van der Waals surface area contributed by atoms with Gasteiger partial charge in [0.2, 0.25) is 11.7 Å². The van der Waals surface area contributed by atoms with E-state index in [0.29, 0.717) is 11.1 Å². The number of pyridine rings is 1. The third-order valence-electron chi connectivity index (χ3n) is 3.77. The number of aromatic amines is 2. The van der Waals surface area contributed by atoms with E-state index >= 15 is 0 Å². The van der Waals surface area contributed by atoms with E-state index in [1.165, 1.54) is 6.20 Å². The van der Waals surface area contributed by atoms with Gasteiger partial charge in [-0.2, -0.15) is 4.98 Å². The van der Waals surface area contributed by atoms with Crippen LogP contribution in [-0.2, 0) is 6.54 Å². The molecule has 0 saturated heterocycles. The van der Waals surface area contributed by atoms with Crippen molar-refractivity contribution >= 4 is 16.8 Å². The number of nitrogens with zero attached hydrogens (tertiary/aromatic N) is 2. The topological polar surface area (TPSA) is 117 Å². The van der Waals surface area contributed by atoms with Crippen molar-refractivity contribution in [1.29, 1.82) is 0 Å². The average molecular weight is 335 g/mol. The van der Waals surface area contributed by atoms with Crippen molar-refractivity contribution < 1.29 is 9.32 Å². The van der Waals surface area contributed by atoms with Crippen molar-refractivity contribution in [2.45, 2.75) is 6.54 Å². The number of fused-ring (bicyclic) bond motifs is 1. The highest BCUT2D eigenvalue weighted by molar-refractivity contribution is 6.06. The zero-order valence-corrected chi connectivity index (χ0v) is 12.9. The zero-order valence-electron chi connectivity index (χ0n) is 12.9. The number of aromatic nitrogens is 4. The van der Waals surface area contributed by atoms with Crippen LogP contribution in [0.3, 0.4) is 0 Å². The molecule has 1 amide bonds. The Morgan fingerprint density at radius 3 is 2.92 bits per heavy atom. The molecule has 25 heavy (non-hydrogen) atoms. The Hall–Kier alpha value is -3.68. The highest BCUT2D eigenvalue weighted by Crippen LogP contribution is 2.17. The van der Waals surface area contributed by atoms with Gasteiger partial charge in [0.25, 0.3) is 11.5 Å². The number of nitrogens with one attached hydrogen (secondary N) is 3. The summed E-state index contributed by atoms with van der Waals surface area (Å²) in [5, 5.41) is 7.35. The Morgan fingerprint density at radius 1 is 1.12 bits per heavy atom. The molecular formula is C17H13N5O3. The minimum atomic E-state index is -0.307. The molecule has 3 N–H and O–H groups in total. The quantitative estimate of drug-likeness (QED) is 0.526. The zero-order chi connectivity index (χ0) is 17.2. The van der Waals surface area contributed by atoms with E-state index in [9.17, 15) is 9.59 Å². The molecule has 3 heterocycles. The minimum absolute atomic E-state index is 0.0668. The molecule has 1 aromatic carbocycles. The first-order valence-corrected chi connectivity index (χ1v) is 7.57. The summed E-state index contributed by atoms with van der Waals surface area (Å²) in [4.78, 5) is 33.9. The van der Waals surface area contributed by atoms with Crippen LogP contribution in [0.15, 0.2) is 58.1 Å². The molecule has 8 nitrogen and oxygen atoms in total. The second-order valence-electron chi connectivity index (χ2n) is 5.35. The molecule has 4 aromatic rings. The van der Waals surface area contributed by atoms with Crippen molar-refractivity contribution in [3.8, 4) is 11.4 Å². The Labute approximate surface area is 140 Å². The summed E-state index contributed by atoms with van der Waals surface area (Å²) in [5.41, 5.74) is 1.44. The molecular weight excluding hydrogens is 322 g/mol. The first kappa shape index (κ1) is 14.9. The molecule has 8 heteroatoms. The molecule has 0 unspecified atom stereocenters. The van der Waals surface area contributed by atoms with Gasteiger partial charge in [0.05, 0.1) is 12.1 Å². The predicted octanol–water partition coefficient (Wildman–Crippen LogP) is 1.84. The molecule has 3 aromatic heterocycles. The van der Waals surface area contributed by atoms with E-state index < -0.39 is 0 Å². The summed E-state index contributed by atoms with van der Waals surface area (Å²) < 4.78 is 5.10. The summed E-state index contributed by atoms with van der Waals surface area (Å²) in [6.07, 6.45) is 3.30. The molecule has 0 aliphatic heterocycles. The highest BCUT2D eigenvalue weighted by atomic mass is 16.5. The first-order chi connectivity index (χ1) is 12.2. The van der Waals surface area contributed by atoms with E-state index in [-0.39, 0.29) is 29.7 Å². The lowest BCUT2D eigenvalue weighted by atomic mass is 10.1. The van der Waals surface area contributed by atoms with E-state index in [2.05, 4.69) is 25.4 Å². The van der Waals surface area contributed by atoms with Crippen LogP contribution in [0.1, 0.15) is 16.2 Å². The van der Waals surface area contributed by atoms with Crippen LogP contribution in [0.5, 0.6) is 0 Å². The van der Waals surface area contributed by atoms with Crippen molar-refractivity contribution in [3.05, 3.63) is 70.6 Å². The lowest BCUT2D eigenvalue weighted by Gasteiger charge is -2.03. The largest absolute Gasteiger partial charge is 0.361 e. The second kappa shape index (κ2) is 6.08. The summed E-state index contributed by atoms with van der Waals surface area (Å²) in [5.74, 6) is 0.147. The lowest BCUT2D eigenvalue weighted by molar-refractivity contribution is 0.0948. The number of hydrogen-bond donors (Lipinski definition) is 3. The lowest BCUT2D eigenvalue weighted by Crippen LogP contribution is -2.23. The molecule has 4 rings (SSSR count). The van der Waals surface area contributed by atoms with E-state index in [4.69, 9.17) is 4.52 Å². The molecule has 0 aliphatic rings. The maximum Gasteiger partial charge on any atom is 0.259 e. The number of hydrogen-bond acceptors (Lipinski definition) is 5. The van der Waals surface area contributed by atoms with E-state index in [0.717, 1.165) is 10.9 Å². The number of amides is 1. The maximum absolute atomic E-state index is 12.4. The van der Waals surface area contributed by atoms with Crippen LogP contribution in [0.25, 0.3) is 22.3 Å². The first-order valence-electron chi connectivity index (χ1n) is 7.57.